The standard InChI is InChI=1S/C30H33.C4H9.C3H6.Zr/c1-5-8-12-22-16-18-25-26-19-17-23(13-9-6-2)21-28(26)29(27(25)20-22)30(4,7-3)24-14-10-11-15-24;1-3-4-2;1-3-2;/h5-6,10-11,14,16-21,29H,1-2,4,7-9,12-13,15H2,3H3;1,3-4H2,2H3;3H,1H2,2H3;. The van der Waals surface area contributed by atoms with Crippen molar-refractivity contribution in [2.75, 3.05) is 0 Å². The van der Waals surface area contributed by atoms with Crippen LogP contribution < -0.4 is 0 Å². The van der Waals surface area contributed by atoms with Gasteiger partial charge in [-0.1, -0.05) is 0 Å². The molecule has 200 valence electrons. The van der Waals surface area contributed by atoms with Crippen LogP contribution in [-0.2, 0) is 33.1 Å². The first kappa shape index (κ1) is 27.8. The second-order valence-electron chi connectivity index (χ2n) is 12.5. The van der Waals surface area contributed by atoms with Crippen LogP contribution in [0.1, 0.15) is 87.5 Å². The predicted octanol–water partition coefficient (Wildman–Crippen LogP) is 11.3. The molecule has 2 aliphatic carbocycles. The topological polar surface area (TPSA) is 0 Å². The van der Waals surface area contributed by atoms with Crippen molar-refractivity contribution in [1.82, 2.24) is 0 Å². The molecule has 5 rings (SSSR count). The summed E-state index contributed by atoms with van der Waals surface area (Å²) in [6.45, 7) is 15.5. The zero-order valence-corrected chi connectivity index (χ0v) is 26.7. The number of unbranched alkanes of at least 4 members (excludes halogenated alkanes) is 1. The quantitative estimate of drug-likeness (QED) is 0.194. The van der Waals surface area contributed by atoms with Gasteiger partial charge in [0.25, 0.3) is 0 Å². The van der Waals surface area contributed by atoms with Crippen LogP contribution in [-0.4, -0.2) is 0 Å². The van der Waals surface area contributed by atoms with E-state index in [-0.39, 0.29) is 5.41 Å². The molecule has 0 saturated carbocycles. The van der Waals surface area contributed by atoms with Gasteiger partial charge in [0.1, 0.15) is 0 Å². The number of aryl methyl sites for hydroxylation is 2. The summed E-state index contributed by atoms with van der Waals surface area (Å²) in [4.78, 5) is 0. The summed E-state index contributed by atoms with van der Waals surface area (Å²) >= 11 is -2.18. The number of rotatable bonds is 14. The van der Waals surface area contributed by atoms with Gasteiger partial charge in [0, 0.05) is 0 Å². The molecule has 3 aliphatic rings. The van der Waals surface area contributed by atoms with E-state index in [4.69, 9.17) is 0 Å². The summed E-state index contributed by atoms with van der Waals surface area (Å²) in [6, 6.07) is 14.9. The molecule has 2 aromatic rings. The fourth-order valence-electron chi connectivity index (χ4n) is 7.97. The van der Waals surface area contributed by atoms with E-state index in [0.717, 1.165) is 35.7 Å². The monoisotopic (exact) mass is 582 g/mol. The molecule has 1 saturated heterocycles. The van der Waals surface area contributed by atoms with E-state index >= 15 is 0 Å². The van der Waals surface area contributed by atoms with Gasteiger partial charge in [-0.3, -0.25) is 0 Å². The van der Waals surface area contributed by atoms with Crippen molar-refractivity contribution in [2.45, 2.75) is 94.1 Å². The van der Waals surface area contributed by atoms with Gasteiger partial charge in [0.05, 0.1) is 0 Å². The molecule has 0 aromatic heterocycles. The Morgan fingerprint density at radius 1 is 0.947 bits per heavy atom. The Labute approximate surface area is 237 Å². The molecule has 1 aliphatic heterocycles. The second kappa shape index (κ2) is 11.8. The van der Waals surface area contributed by atoms with Crippen LogP contribution in [0.5, 0.6) is 0 Å². The average molecular weight is 584 g/mol. The Kier molecular flexibility index (Phi) is 8.64. The summed E-state index contributed by atoms with van der Waals surface area (Å²) in [5, 5.41) is 0. The number of hydrogen-bond donors (Lipinski definition) is 0. The number of allylic oxidation sites excluding steroid dienone is 6. The van der Waals surface area contributed by atoms with E-state index in [2.05, 4.69) is 101 Å². The number of fused-ring (bicyclic) bond motifs is 3. The first-order valence-electron chi connectivity index (χ1n) is 15.4. The third kappa shape index (κ3) is 5.10. The van der Waals surface area contributed by atoms with Crippen LogP contribution in [0.15, 0.2) is 85.5 Å². The van der Waals surface area contributed by atoms with Crippen LogP contribution in [0.2, 0.25) is 16.0 Å². The SMILES string of the molecule is C=CCCc1ccc2c(c1)C(C(CC)([CH2][Zr]1([CH2]CCC)[CH2][CH]1C)C1=CC=CC1)c1cc(CCC=C)ccc1-2. The van der Waals surface area contributed by atoms with Gasteiger partial charge < -0.3 is 0 Å². The second-order valence-corrected chi connectivity index (χ2v) is 24.7. The normalized spacial score (nSPS) is 23.0. The maximum atomic E-state index is 4.00. The third-order valence-electron chi connectivity index (χ3n) is 10.3. The van der Waals surface area contributed by atoms with Crippen LogP contribution in [0.4, 0.5) is 0 Å². The molecule has 1 heteroatoms. The van der Waals surface area contributed by atoms with Crippen LogP contribution in [0.3, 0.4) is 0 Å². The van der Waals surface area contributed by atoms with E-state index in [0.29, 0.717) is 5.92 Å². The Morgan fingerprint density at radius 2 is 1.55 bits per heavy atom. The molecule has 0 nitrogen and oxygen atoms in total. The van der Waals surface area contributed by atoms with Gasteiger partial charge >= 0.3 is 239 Å². The van der Waals surface area contributed by atoms with Gasteiger partial charge in [-0.25, -0.2) is 0 Å². The van der Waals surface area contributed by atoms with Gasteiger partial charge in [0.2, 0.25) is 0 Å². The van der Waals surface area contributed by atoms with E-state index in [1.165, 1.54) is 45.6 Å². The van der Waals surface area contributed by atoms with Crippen molar-refractivity contribution < 1.29 is 20.3 Å². The number of hydrogen-bond acceptors (Lipinski definition) is 0. The Balaban J connectivity index is 1.68. The Bertz CT molecular complexity index is 1180. The molecule has 3 atom stereocenters. The molecule has 3 unspecified atom stereocenters. The minimum absolute atomic E-state index is 0.242. The van der Waals surface area contributed by atoms with Crippen molar-refractivity contribution in [3.05, 3.63) is 108 Å². The predicted molar refractivity (Wildman–Crippen MR) is 164 cm³/mol. The van der Waals surface area contributed by atoms with Crippen LogP contribution in [0, 0.1) is 5.41 Å². The molecule has 0 bridgehead atoms. The van der Waals surface area contributed by atoms with Crippen molar-refractivity contribution in [3.8, 4) is 11.1 Å². The first-order valence-corrected chi connectivity index (χ1v) is 22.0. The molecule has 0 radical (unpaired) electrons. The molecule has 0 N–H and O–H groups in total. The van der Waals surface area contributed by atoms with Gasteiger partial charge in [-0.05, 0) is 0 Å². The van der Waals surface area contributed by atoms with E-state index in [1.807, 2.05) is 0 Å². The van der Waals surface area contributed by atoms with Crippen molar-refractivity contribution >= 4 is 0 Å². The fourth-order valence-corrected chi connectivity index (χ4v) is 25.6. The van der Waals surface area contributed by atoms with Crippen molar-refractivity contribution in [2.24, 2.45) is 5.41 Å². The molecule has 0 spiro atoms. The Morgan fingerprint density at radius 3 is 2.00 bits per heavy atom. The zero-order valence-electron chi connectivity index (χ0n) is 24.2. The molecular weight excluding hydrogens is 536 g/mol. The van der Waals surface area contributed by atoms with Crippen LogP contribution >= 0.6 is 0 Å². The summed E-state index contributed by atoms with van der Waals surface area (Å²) in [5.41, 5.74) is 11.1. The Hall–Kier alpha value is -1.72. The van der Waals surface area contributed by atoms with E-state index in [9.17, 15) is 0 Å². The van der Waals surface area contributed by atoms with Gasteiger partial charge in [0.15, 0.2) is 0 Å². The van der Waals surface area contributed by atoms with E-state index in [1.54, 1.807) is 25.0 Å². The number of benzene rings is 2. The summed E-state index contributed by atoms with van der Waals surface area (Å²) in [7, 11) is 0. The molecule has 1 fully saturated rings. The molecular formula is C37H48Zr. The summed E-state index contributed by atoms with van der Waals surface area (Å²) in [6.07, 6.45) is 20.9. The minimum atomic E-state index is -2.18. The maximum absolute atomic E-state index is 4.00. The van der Waals surface area contributed by atoms with E-state index < -0.39 is 20.3 Å². The summed E-state index contributed by atoms with van der Waals surface area (Å²) < 4.78 is 5.79. The first-order chi connectivity index (χ1) is 18.5. The fraction of sp³-hybridized carbons (Fsp3) is 0.459. The molecule has 38 heavy (non-hydrogen) atoms. The van der Waals surface area contributed by atoms with Gasteiger partial charge in [-0.2, -0.15) is 0 Å². The van der Waals surface area contributed by atoms with Crippen molar-refractivity contribution in [1.29, 1.82) is 0 Å². The van der Waals surface area contributed by atoms with Crippen LogP contribution in [0.25, 0.3) is 11.1 Å². The molecule has 0 amide bonds. The summed E-state index contributed by atoms with van der Waals surface area (Å²) in [5.74, 6) is 0.471. The van der Waals surface area contributed by atoms with Crippen molar-refractivity contribution in [3.63, 3.8) is 0 Å². The van der Waals surface area contributed by atoms with Gasteiger partial charge in [-0.15, -0.1) is 0 Å². The molecule has 2 aromatic carbocycles. The molecule has 1 heterocycles. The third-order valence-corrected chi connectivity index (χ3v) is 24.8. The zero-order chi connectivity index (χ0) is 26.8. The average Bonchev–Trinajstić information content (AvgIpc) is 3.29.